The molecule has 0 aliphatic carbocycles. The summed E-state index contributed by atoms with van der Waals surface area (Å²) in [6.07, 6.45) is 3.44. The Balaban J connectivity index is 1.79. The number of benzene rings is 1. The molecule has 1 aromatic carbocycles. The Morgan fingerprint density at radius 3 is 2.76 bits per heavy atom. The van der Waals surface area contributed by atoms with Crippen LogP contribution in [0.3, 0.4) is 0 Å². The topological polar surface area (TPSA) is 59.6 Å². The molecular weight excluding hydrogens is 264 g/mol. The lowest BCUT2D eigenvalue weighted by Gasteiger charge is -2.12. The zero-order chi connectivity index (χ0) is 14.2. The zero-order valence-corrected chi connectivity index (χ0v) is 11.5. The largest absolute Gasteiger partial charge is 0.461 e. The van der Waals surface area contributed by atoms with E-state index < -0.39 is 0 Å². The van der Waals surface area contributed by atoms with Crippen LogP contribution in [0.4, 0.5) is 0 Å². The number of fused-ring (bicyclic) bond motifs is 1. The van der Waals surface area contributed by atoms with Gasteiger partial charge in [-0.05, 0) is 24.6 Å². The molecule has 4 rings (SSSR count). The number of hydrogen-bond donors (Lipinski definition) is 1. The van der Waals surface area contributed by atoms with E-state index in [4.69, 9.17) is 4.42 Å². The van der Waals surface area contributed by atoms with Gasteiger partial charge in [0.1, 0.15) is 5.52 Å². The summed E-state index contributed by atoms with van der Waals surface area (Å²) in [6.45, 7) is 2.11. The molecule has 1 unspecified atom stereocenters. The molecule has 5 nitrogen and oxygen atoms in total. The van der Waals surface area contributed by atoms with Crippen molar-refractivity contribution in [2.75, 3.05) is 0 Å². The van der Waals surface area contributed by atoms with E-state index >= 15 is 0 Å². The van der Waals surface area contributed by atoms with Gasteiger partial charge < -0.3 is 9.40 Å². The molecule has 4 aromatic rings. The van der Waals surface area contributed by atoms with E-state index in [1.807, 2.05) is 35.0 Å². The Bertz CT molecular complexity index is 858. The minimum absolute atomic E-state index is 0.122. The van der Waals surface area contributed by atoms with E-state index in [9.17, 15) is 0 Å². The summed E-state index contributed by atoms with van der Waals surface area (Å²) in [6, 6.07) is 14.1. The molecule has 21 heavy (non-hydrogen) atoms. The Morgan fingerprint density at radius 2 is 2.00 bits per heavy atom. The van der Waals surface area contributed by atoms with Crippen molar-refractivity contribution in [2.45, 2.75) is 13.0 Å². The van der Waals surface area contributed by atoms with Crippen molar-refractivity contribution in [1.82, 2.24) is 19.7 Å². The van der Waals surface area contributed by atoms with Crippen molar-refractivity contribution >= 4 is 11.2 Å². The lowest BCUT2D eigenvalue weighted by atomic mass is 10.1. The van der Waals surface area contributed by atoms with Crippen LogP contribution in [-0.4, -0.2) is 19.7 Å². The Hall–Kier alpha value is -2.82. The minimum atomic E-state index is 0.122. The molecule has 3 aromatic heterocycles. The summed E-state index contributed by atoms with van der Waals surface area (Å²) in [7, 11) is 0. The van der Waals surface area contributed by atoms with Crippen molar-refractivity contribution in [3.8, 4) is 11.6 Å². The lowest BCUT2D eigenvalue weighted by Crippen LogP contribution is -2.08. The molecule has 1 atom stereocenters. The number of aromatic amines is 1. The maximum absolute atomic E-state index is 5.38. The van der Waals surface area contributed by atoms with Crippen LogP contribution in [0.1, 0.15) is 18.5 Å². The fraction of sp³-hybridized carbons (Fsp3) is 0.125. The fourth-order valence-electron chi connectivity index (χ4n) is 2.50. The van der Waals surface area contributed by atoms with Crippen LogP contribution in [0.2, 0.25) is 0 Å². The molecule has 5 heteroatoms. The average molecular weight is 278 g/mol. The number of rotatable bonds is 3. The predicted octanol–water partition coefficient (Wildman–Crippen LogP) is 3.63. The molecule has 0 saturated carbocycles. The van der Waals surface area contributed by atoms with Crippen LogP contribution >= 0.6 is 0 Å². The molecule has 0 spiro atoms. The van der Waals surface area contributed by atoms with Gasteiger partial charge in [0.05, 0.1) is 18.5 Å². The van der Waals surface area contributed by atoms with Crippen molar-refractivity contribution in [3.05, 3.63) is 60.5 Å². The molecular formula is C16H14N4O. The highest BCUT2D eigenvalue weighted by Gasteiger charge is 2.16. The Labute approximate surface area is 121 Å². The smallest absolute Gasteiger partial charge is 0.177 e. The summed E-state index contributed by atoms with van der Waals surface area (Å²) in [5, 5.41) is 4.45. The van der Waals surface area contributed by atoms with E-state index in [-0.39, 0.29) is 6.04 Å². The normalized spacial score (nSPS) is 12.8. The van der Waals surface area contributed by atoms with Crippen molar-refractivity contribution in [1.29, 1.82) is 0 Å². The van der Waals surface area contributed by atoms with Crippen LogP contribution in [0.15, 0.2) is 59.3 Å². The number of furan rings is 1. The first-order chi connectivity index (χ1) is 10.3. The van der Waals surface area contributed by atoms with Crippen LogP contribution in [-0.2, 0) is 0 Å². The third-order valence-corrected chi connectivity index (χ3v) is 3.64. The first-order valence-electron chi connectivity index (χ1n) is 6.85. The standard InChI is InChI=1S/C16H14N4O/c1-11(12-6-3-2-4-7-12)20-16-13(10-17-20)18-15(19-16)14-8-5-9-21-14/h2-11H,1H3,(H,18,19). The van der Waals surface area contributed by atoms with Gasteiger partial charge in [-0.15, -0.1) is 0 Å². The van der Waals surface area contributed by atoms with Gasteiger partial charge in [0.25, 0.3) is 0 Å². The first-order valence-corrected chi connectivity index (χ1v) is 6.85. The van der Waals surface area contributed by atoms with E-state index in [0.29, 0.717) is 0 Å². The van der Waals surface area contributed by atoms with E-state index in [0.717, 1.165) is 22.7 Å². The van der Waals surface area contributed by atoms with E-state index in [1.54, 1.807) is 12.5 Å². The predicted molar refractivity (Wildman–Crippen MR) is 79.8 cm³/mol. The highest BCUT2D eigenvalue weighted by Crippen LogP contribution is 2.24. The highest BCUT2D eigenvalue weighted by atomic mass is 16.3. The van der Waals surface area contributed by atoms with Gasteiger partial charge in [0, 0.05) is 0 Å². The van der Waals surface area contributed by atoms with Crippen LogP contribution in [0.5, 0.6) is 0 Å². The van der Waals surface area contributed by atoms with Gasteiger partial charge in [0.15, 0.2) is 17.2 Å². The number of nitrogens with one attached hydrogen (secondary N) is 1. The SMILES string of the molecule is CC(c1ccccc1)n1ncc2[nH]c(-c3ccco3)nc21. The van der Waals surface area contributed by atoms with Crippen molar-refractivity contribution < 1.29 is 4.42 Å². The van der Waals surface area contributed by atoms with Crippen molar-refractivity contribution in [3.63, 3.8) is 0 Å². The minimum Gasteiger partial charge on any atom is -0.461 e. The summed E-state index contributed by atoms with van der Waals surface area (Å²) in [4.78, 5) is 7.85. The Morgan fingerprint density at radius 1 is 1.14 bits per heavy atom. The molecule has 0 bridgehead atoms. The maximum Gasteiger partial charge on any atom is 0.177 e. The summed E-state index contributed by atoms with van der Waals surface area (Å²) in [5.41, 5.74) is 2.94. The maximum atomic E-state index is 5.38. The average Bonchev–Trinajstić information content (AvgIpc) is 3.23. The second kappa shape index (κ2) is 4.63. The third kappa shape index (κ3) is 1.94. The van der Waals surface area contributed by atoms with Crippen LogP contribution in [0, 0.1) is 0 Å². The van der Waals surface area contributed by atoms with Gasteiger partial charge >= 0.3 is 0 Å². The molecule has 0 fully saturated rings. The van der Waals surface area contributed by atoms with Crippen LogP contribution < -0.4 is 0 Å². The van der Waals surface area contributed by atoms with Crippen LogP contribution in [0.25, 0.3) is 22.7 Å². The lowest BCUT2D eigenvalue weighted by molar-refractivity contribution is 0.572. The highest BCUT2D eigenvalue weighted by molar-refractivity contribution is 5.75. The van der Waals surface area contributed by atoms with E-state index in [1.165, 1.54) is 5.56 Å². The molecule has 0 aliphatic heterocycles. The first kappa shape index (κ1) is 12.0. The number of imidazole rings is 1. The second-order valence-electron chi connectivity index (χ2n) is 4.98. The molecule has 0 radical (unpaired) electrons. The van der Waals surface area contributed by atoms with Gasteiger partial charge in [-0.25, -0.2) is 9.67 Å². The molecule has 1 N–H and O–H groups in total. The van der Waals surface area contributed by atoms with Crippen molar-refractivity contribution in [2.24, 2.45) is 0 Å². The summed E-state index contributed by atoms with van der Waals surface area (Å²) < 4.78 is 7.30. The number of H-pyrrole nitrogens is 1. The molecule has 104 valence electrons. The monoisotopic (exact) mass is 278 g/mol. The zero-order valence-electron chi connectivity index (χ0n) is 11.5. The number of aromatic nitrogens is 4. The molecule has 0 amide bonds. The van der Waals surface area contributed by atoms with E-state index in [2.05, 4.69) is 34.1 Å². The molecule has 0 saturated heterocycles. The van der Waals surface area contributed by atoms with Gasteiger partial charge in [0.2, 0.25) is 0 Å². The van der Waals surface area contributed by atoms with Gasteiger partial charge in [-0.3, -0.25) is 0 Å². The Kier molecular flexibility index (Phi) is 2.64. The number of nitrogens with zero attached hydrogens (tertiary/aromatic N) is 3. The second-order valence-corrected chi connectivity index (χ2v) is 4.98. The summed E-state index contributed by atoms with van der Waals surface area (Å²) in [5.74, 6) is 1.45. The quantitative estimate of drug-likeness (QED) is 0.622. The summed E-state index contributed by atoms with van der Waals surface area (Å²) >= 11 is 0. The van der Waals surface area contributed by atoms with Gasteiger partial charge in [-0.1, -0.05) is 30.3 Å². The fourth-order valence-corrected chi connectivity index (χ4v) is 2.50. The molecule has 3 heterocycles. The third-order valence-electron chi connectivity index (χ3n) is 3.64. The number of hydrogen-bond acceptors (Lipinski definition) is 3. The molecule has 0 aliphatic rings. The van der Waals surface area contributed by atoms with Gasteiger partial charge in [-0.2, -0.15) is 5.10 Å².